The first-order valence-corrected chi connectivity index (χ1v) is 13.5. The number of anilines is 2. The summed E-state index contributed by atoms with van der Waals surface area (Å²) in [5, 5.41) is 26.8. The quantitative estimate of drug-likeness (QED) is 0.254. The van der Waals surface area contributed by atoms with Crippen LogP contribution >= 0.6 is 0 Å². The first kappa shape index (κ1) is 26.5. The summed E-state index contributed by atoms with van der Waals surface area (Å²) >= 11 is 0. The molecule has 12 heteroatoms. The molecule has 5 rings (SSSR count). The van der Waals surface area contributed by atoms with Crippen molar-refractivity contribution in [2.45, 2.75) is 63.8 Å². The molecule has 0 aromatic carbocycles. The molecule has 2 bridgehead atoms. The fourth-order valence-corrected chi connectivity index (χ4v) is 5.92. The van der Waals surface area contributed by atoms with Crippen LogP contribution in [0.15, 0.2) is 18.5 Å². The van der Waals surface area contributed by atoms with Crippen molar-refractivity contribution in [3.63, 3.8) is 0 Å². The number of nitrogens with two attached hydrogens (primary N) is 1. The summed E-state index contributed by atoms with van der Waals surface area (Å²) in [7, 11) is 1.68. The van der Waals surface area contributed by atoms with Crippen LogP contribution in [0.2, 0.25) is 0 Å². The number of aliphatic hydroxyl groups excluding tert-OH is 2. The second kappa shape index (κ2) is 11.8. The maximum absolute atomic E-state index is 9.50. The largest absolute Gasteiger partial charge is 0.496 e. The Morgan fingerprint density at radius 1 is 1.11 bits per heavy atom. The van der Waals surface area contributed by atoms with Gasteiger partial charge >= 0.3 is 0 Å². The Bertz CT molecular complexity index is 1230. The standard InChI is InChI=1S/C26H39N9O3/c1-3-4-18(5-7-36)30-25-24-22(31-26(27)32-25)12-29-35(24)13-17-11-28-19(9-23(17)38-2)14-34-16-20-10-21(34)15-33(20)6-8-37/h9,11-12,18,20-21,36-37H,3-8,10,13-16H2,1-2H3,(H3,27,30,31,32)/t18-,20+,21+/m0/s1. The van der Waals surface area contributed by atoms with Crippen LogP contribution in [0.3, 0.4) is 0 Å². The summed E-state index contributed by atoms with van der Waals surface area (Å²) in [4.78, 5) is 18.5. The van der Waals surface area contributed by atoms with Gasteiger partial charge in [-0.05, 0) is 19.3 Å². The number of aliphatic hydroxyl groups is 2. The summed E-state index contributed by atoms with van der Waals surface area (Å²) in [5.74, 6) is 1.55. The van der Waals surface area contributed by atoms with E-state index < -0.39 is 0 Å². The van der Waals surface area contributed by atoms with Crippen molar-refractivity contribution in [3.8, 4) is 5.75 Å². The number of likely N-dealkylation sites (tertiary alicyclic amines) is 2. The lowest BCUT2D eigenvalue weighted by Crippen LogP contribution is -2.46. The zero-order valence-electron chi connectivity index (χ0n) is 22.3. The SMILES string of the molecule is CCC[C@@H](CCO)Nc1nc(N)nc2cnn(Cc3cnc(CN4C[C@H]5C[C@@H]4CN5CCO)cc3OC)c12. The van der Waals surface area contributed by atoms with Gasteiger partial charge in [0.1, 0.15) is 16.8 Å². The smallest absolute Gasteiger partial charge is 0.222 e. The lowest BCUT2D eigenvalue weighted by Gasteiger charge is -2.33. The van der Waals surface area contributed by atoms with Crippen LogP contribution in [0.4, 0.5) is 11.8 Å². The molecular weight excluding hydrogens is 486 g/mol. The number of methoxy groups -OCH3 is 1. The van der Waals surface area contributed by atoms with E-state index >= 15 is 0 Å². The van der Waals surface area contributed by atoms with E-state index in [1.807, 2.05) is 16.9 Å². The van der Waals surface area contributed by atoms with Gasteiger partial charge in [-0.3, -0.25) is 19.5 Å². The third kappa shape index (κ3) is 5.53. The molecule has 3 aromatic heterocycles. The number of nitrogen functional groups attached to an aromatic ring is 1. The maximum atomic E-state index is 9.50. The number of hydrogen-bond donors (Lipinski definition) is 4. The predicted molar refractivity (Wildman–Crippen MR) is 145 cm³/mol. The first-order valence-electron chi connectivity index (χ1n) is 13.5. The van der Waals surface area contributed by atoms with Crippen molar-refractivity contribution in [2.24, 2.45) is 0 Å². The average molecular weight is 526 g/mol. The fraction of sp³-hybridized carbons (Fsp3) is 0.615. The molecule has 5 heterocycles. The highest BCUT2D eigenvalue weighted by molar-refractivity contribution is 5.86. The van der Waals surface area contributed by atoms with Crippen molar-refractivity contribution in [1.82, 2.24) is 34.5 Å². The second-order valence-electron chi connectivity index (χ2n) is 10.3. The summed E-state index contributed by atoms with van der Waals surface area (Å²) in [6, 6.07) is 3.12. The highest BCUT2D eigenvalue weighted by atomic mass is 16.5. The lowest BCUT2D eigenvalue weighted by molar-refractivity contribution is 0.104. The Morgan fingerprint density at radius 2 is 1.92 bits per heavy atom. The number of β-amino-alcohol motifs (C(OH)–C–C–N with tert-alkyl or cyclic N) is 1. The molecule has 5 N–H and O–H groups in total. The fourth-order valence-electron chi connectivity index (χ4n) is 5.92. The molecule has 3 atom stereocenters. The number of hydrogen-bond acceptors (Lipinski definition) is 11. The molecule has 0 unspecified atom stereocenters. The first-order chi connectivity index (χ1) is 18.5. The molecule has 0 aliphatic carbocycles. The van der Waals surface area contributed by atoms with Gasteiger partial charge in [-0.2, -0.15) is 10.1 Å². The van der Waals surface area contributed by atoms with Gasteiger partial charge in [0.15, 0.2) is 5.82 Å². The van der Waals surface area contributed by atoms with Gasteiger partial charge in [-0.1, -0.05) is 13.3 Å². The number of nitrogens with one attached hydrogen (secondary N) is 1. The van der Waals surface area contributed by atoms with Gasteiger partial charge in [-0.15, -0.1) is 0 Å². The van der Waals surface area contributed by atoms with Gasteiger partial charge in [0.2, 0.25) is 5.95 Å². The van der Waals surface area contributed by atoms with Crippen LogP contribution in [0, 0.1) is 0 Å². The van der Waals surface area contributed by atoms with Gasteiger partial charge in [0.05, 0.1) is 32.2 Å². The molecule has 0 saturated carbocycles. The zero-order valence-corrected chi connectivity index (χ0v) is 22.3. The van der Waals surface area contributed by atoms with E-state index in [0.29, 0.717) is 36.4 Å². The highest BCUT2D eigenvalue weighted by Gasteiger charge is 2.42. The maximum Gasteiger partial charge on any atom is 0.222 e. The average Bonchev–Trinajstić information content (AvgIpc) is 3.60. The van der Waals surface area contributed by atoms with Crippen LogP contribution < -0.4 is 15.8 Å². The number of fused-ring (bicyclic) bond motifs is 3. The van der Waals surface area contributed by atoms with Crippen molar-refractivity contribution in [1.29, 1.82) is 0 Å². The molecular formula is C26H39N9O3. The number of ether oxygens (including phenoxy) is 1. The summed E-state index contributed by atoms with van der Waals surface area (Å²) in [5.41, 5.74) is 9.28. The number of nitrogens with zero attached hydrogens (tertiary/aromatic N) is 7. The van der Waals surface area contributed by atoms with Crippen LogP contribution in [0.25, 0.3) is 11.0 Å². The van der Waals surface area contributed by atoms with Gasteiger partial charge < -0.3 is 26.0 Å². The van der Waals surface area contributed by atoms with E-state index in [2.05, 4.69) is 37.1 Å². The third-order valence-electron chi connectivity index (χ3n) is 7.72. The van der Waals surface area contributed by atoms with E-state index in [9.17, 15) is 10.2 Å². The summed E-state index contributed by atoms with van der Waals surface area (Å²) in [6.07, 6.45) is 7.21. The lowest BCUT2D eigenvalue weighted by atomic mass is 10.1. The van der Waals surface area contributed by atoms with Crippen molar-refractivity contribution < 1.29 is 14.9 Å². The summed E-state index contributed by atoms with van der Waals surface area (Å²) in [6.45, 7) is 6.41. The zero-order chi connectivity index (χ0) is 26.6. The van der Waals surface area contributed by atoms with Gasteiger partial charge in [0.25, 0.3) is 0 Å². The van der Waals surface area contributed by atoms with E-state index in [-0.39, 0.29) is 25.2 Å². The third-order valence-corrected chi connectivity index (χ3v) is 7.72. The highest BCUT2D eigenvalue weighted by Crippen LogP contribution is 2.32. The van der Waals surface area contributed by atoms with Crippen LogP contribution in [0.5, 0.6) is 5.75 Å². The van der Waals surface area contributed by atoms with E-state index in [1.54, 1.807) is 13.3 Å². The molecule has 2 saturated heterocycles. The van der Waals surface area contributed by atoms with Gasteiger partial charge in [0, 0.05) is 68.7 Å². The minimum absolute atomic E-state index is 0.0675. The van der Waals surface area contributed by atoms with Crippen LogP contribution in [-0.2, 0) is 13.1 Å². The van der Waals surface area contributed by atoms with E-state index in [0.717, 1.165) is 68.0 Å². The molecule has 2 aliphatic heterocycles. The van der Waals surface area contributed by atoms with Crippen molar-refractivity contribution in [2.75, 3.05) is 51.0 Å². The van der Waals surface area contributed by atoms with Gasteiger partial charge in [-0.25, -0.2) is 4.98 Å². The Hall–Kier alpha value is -3.06. The van der Waals surface area contributed by atoms with E-state index in [1.165, 1.54) is 0 Å². The predicted octanol–water partition coefficient (Wildman–Crippen LogP) is 1.07. The monoisotopic (exact) mass is 525 g/mol. The Morgan fingerprint density at radius 3 is 2.63 bits per heavy atom. The molecule has 2 aliphatic rings. The number of rotatable bonds is 13. The molecule has 0 amide bonds. The topological polar surface area (TPSA) is 151 Å². The molecule has 38 heavy (non-hydrogen) atoms. The van der Waals surface area contributed by atoms with Crippen LogP contribution in [-0.4, -0.2) is 103 Å². The molecule has 0 spiro atoms. The second-order valence-corrected chi connectivity index (χ2v) is 10.3. The number of pyridine rings is 1. The number of aromatic nitrogens is 5. The van der Waals surface area contributed by atoms with Crippen molar-refractivity contribution in [3.05, 3.63) is 29.7 Å². The normalized spacial score (nSPS) is 20.4. The van der Waals surface area contributed by atoms with E-state index in [4.69, 9.17) is 15.5 Å². The van der Waals surface area contributed by atoms with Crippen LogP contribution in [0.1, 0.15) is 43.9 Å². The molecule has 2 fully saturated rings. The Balaban J connectivity index is 1.34. The van der Waals surface area contributed by atoms with Crippen molar-refractivity contribution >= 4 is 22.8 Å². The molecule has 206 valence electrons. The Labute approximate surface area is 222 Å². The Kier molecular flexibility index (Phi) is 8.22. The minimum atomic E-state index is 0.0675. The molecule has 12 nitrogen and oxygen atoms in total. The molecule has 0 radical (unpaired) electrons. The summed E-state index contributed by atoms with van der Waals surface area (Å²) < 4.78 is 7.61. The number of piperazine rings is 1. The molecule has 3 aromatic rings. The minimum Gasteiger partial charge on any atom is -0.496 e.